The molecule has 0 saturated carbocycles. The molecule has 0 bridgehead atoms. The molecular weight excluding hydrogens is 362 g/mol. The average molecular weight is 387 g/mol. The number of hydrogen-bond acceptors (Lipinski definition) is 4. The third-order valence-corrected chi connectivity index (χ3v) is 5.14. The summed E-state index contributed by atoms with van der Waals surface area (Å²) >= 11 is 0. The zero-order chi connectivity index (χ0) is 20.4. The largest absolute Gasteiger partial charge is 0.497 e. The number of nitrogens with one attached hydrogen (secondary N) is 1. The molecule has 2 aromatic heterocycles. The van der Waals surface area contributed by atoms with E-state index in [1.54, 1.807) is 7.11 Å². The molecule has 0 amide bonds. The Bertz CT molecular complexity index is 1170. The number of benzene rings is 2. The molecule has 0 spiro atoms. The van der Waals surface area contributed by atoms with Crippen LogP contribution >= 0.6 is 0 Å². The number of anilines is 1. The Balaban J connectivity index is 1.59. The molecule has 4 aromatic rings. The molecule has 0 radical (unpaired) electrons. The molecule has 0 fully saturated rings. The summed E-state index contributed by atoms with van der Waals surface area (Å²) in [5.74, 6) is 1.59. The van der Waals surface area contributed by atoms with Gasteiger partial charge in [-0.05, 0) is 63.2 Å². The van der Waals surface area contributed by atoms with Crippen LogP contribution < -0.4 is 10.2 Å². The fourth-order valence-corrected chi connectivity index (χ4v) is 3.69. The molecule has 2 heterocycles. The Hall–Kier alpha value is -3.54. The van der Waals surface area contributed by atoms with Crippen molar-refractivity contribution in [1.29, 1.82) is 0 Å². The molecule has 148 valence electrons. The lowest BCUT2D eigenvalue weighted by Gasteiger charge is -2.10. The monoisotopic (exact) mass is 387 g/mol. The number of hydrogen-bond donors (Lipinski definition) is 1. The number of aryl methyl sites for hydroxylation is 2. The van der Waals surface area contributed by atoms with Gasteiger partial charge >= 0.3 is 0 Å². The Labute approximate surface area is 170 Å². The normalized spacial score (nSPS) is 11.4. The van der Waals surface area contributed by atoms with Crippen molar-refractivity contribution in [2.45, 2.75) is 27.3 Å². The number of fused-ring (bicyclic) bond motifs is 1. The van der Waals surface area contributed by atoms with Gasteiger partial charge in [0, 0.05) is 29.2 Å². The first kappa shape index (κ1) is 18.8. The maximum atomic E-state index is 5.26. The summed E-state index contributed by atoms with van der Waals surface area (Å²) in [5.41, 5.74) is 9.61. The standard InChI is InChI=1S/C23H25N5O/c1-5-27-22-9-7-6-8-21(22)25-23(27)26-24-15-18-14-16(2)28(17(18)3)19-10-12-20(29-4)13-11-19/h6-15H,5H2,1-4H3,(H,25,26)/b24-15-. The van der Waals surface area contributed by atoms with Crippen molar-refractivity contribution in [3.8, 4) is 11.4 Å². The molecule has 0 atom stereocenters. The Morgan fingerprint density at radius 2 is 1.86 bits per heavy atom. The number of methoxy groups -OCH3 is 1. The van der Waals surface area contributed by atoms with Crippen LogP contribution in [0.3, 0.4) is 0 Å². The van der Waals surface area contributed by atoms with Crippen LogP contribution in [0.4, 0.5) is 5.95 Å². The maximum Gasteiger partial charge on any atom is 0.224 e. The van der Waals surface area contributed by atoms with E-state index in [2.05, 4.69) is 69.7 Å². The second-order valence-corrected chi connectivity index (χ2v) is 6.90. The van der Waals surface area contributed by atoms with Gasteiger partial charge < -0.3 is 13.9 Å². The third-order valence-electron chi connectivity index (χ3n) is 5.14. The molecule has 0 aliphatic rings. The number of hydrazone groups is 1. The van der Waals surface area contributed by atoms with Gasteiger partial charge in [-0.2, -0.15) is 5.10 Å². The van der Waals surface area contributed by atoms with Crippen LogP contribution in [0.1, 0.15) is 23.9 Å². The van der Waals surface area contributed by atoms with E-state index in [0.29, 0.717) is 0 Å². The van der Waals surface area contributed by atoms with E-state index in [-0.39, 0.29) is 0 Å². The summed E-state index contributed by atoms with van der Waals surface area (Å²) in [5, 5.41) is 4.46. The predicted molar refractivity (Wildman–Crippen MR) is 118 cm³/mol. The fraction of sp³-hybridized carbons (Fsp3) is 0.217. The Kier molecular flexibility index (Phi) is 5.08. The van der Waals surface area contributed by atoms with Crippen LogP contribution in [0.15, 0.2) is 59.7 Å². The minimum absolute atomic E-state index is 0.744. The highest BCUT2D eigenvalue weighted by Crippen LogP contribution is 2.22. The van der Waals surface area contributed by atoms with Crippen molar-refractivity contribution in [3.63, 3.8) is 0 Å². The molecule has 0 unspecified atom stereocenters. The van der Waals surface area contributed by atoms with Gasteiger partial charge in [-0.25, -0.2) is 10.4 Å². The third kappa shape index (κ3) is 3.49. The summed E-state index contributed by atoms with van der Waals surface area (Å²) < 4.78 is 9.59. The first-order valence-corrected chi connectivity index (χ1v) is 9.70. The van der Waals surface area contributed by atoms with Crippen molar-refractivity contribution < 1.29 is 4.74 Å². The second-order valence-electron chi connectivity index (χ2n) is 6.90. The van der Waals surface area contributed by atoms with Crippen LogP contribution in [0, 0.1) is 13.8 Å². The first-order valence-electron chi connectivity index (χ1n) is 9.70. The van der Waals surface area contributed by atoms with Gasteiger partial charge in [-0.1, -0.05) is 12.1 Å². The molecular formula is C23H25N5O. The highest BCUT2D eigenvalue weighted by atomic mass is 16.5. The van der Waals surface area contributed by atoms with Gasteiger partial charge in [0.05, 0.1) is 24.4 Å². The van der Waals surface area contributed by atoms with Crippen LogP contribution in [-0.2, 0) is 6.54 Å². The van der Waals surface area contributed by atoms with Crippen molar-refractivity contribution in [2.75, 3.05) is 12.5 Å². The van der Waals surface area contributed by atoms with Gasteiger partial charge in [-0.3, -0.25) is 0 Å². The molecule has 0 aliphatic heterocycles. The number of aromatic nitrogens is 3. The molecule has 1 N–H and O–H groups in total. The molecule has 2 aromatic carbocycles. The van der Waals surface area contributed by atoms with E-state index in [0.717, 1.165) is 51.9 Å². The second kappa shape index (κ2) is 7.83. The average Bonchev–Trinajstić information content (AvgIpc) is 3.24. The van der Waals surface area contributed by atoms with E-state index in [4.69, 9.17) is 4.74 Å². The lowest BCUT2D eigenvalue weighted by molar-refractivity contribution is 0.414. The summed E-state index contributed by atoms with van der Waals surface area (Å²) in [7, 11) is 1.68. The number of imidazole rings is 1. The number of nitrogens with zero attached hydrogens (tertiary/aromatic N) is 4. The fourth-order valence-electron chi connectivity index (χ4n) is 3.69. The van der Waals surface area contributed by atoms with Crippen LogP contribution in [0.2, 0.25) is 0 Å². The Morgan fingerprint density at radius 1 is 1.10 bits per heavy atom. The summed E-state index contributed by atoms with van der Waals surface area (Å²) in [6.45, 7) is 7.12. The van der Waals surface area contributed by atoms with E-state index in [9.17, 15) is 0 Å². The molecule has 6 nitrogen and oxygen atoms in total. The van der Waals surface area contributed by atoms with Crippen LogP contribution in [-0.4, -0.2) is 27.4 Å². The number of ether oxygens (including phenoxy) is 1. The van der Waals surface area contributed by atoms with E-state index < -0.39 is 0 Å². The highest BCUT2D eigenvalue weighted by Gasteiger charge is 2.10. The smallest absolute Gasteiger partial charge is 0.224 e. The van der Waals surface area contributed by atoms with Crippen molar-refractivity contribution in [2.24, 2.45) is 5.10 Å². The van der Waals surface area contributed by atoms with Gasteiger partial charge in [0.2, 0.25) is 5.95 Å². The zero-order valence-corrected chi connectivity index (χ0v) is 17.2. The van der Waals surface area contributed by atoms with Gasteiger partial charge in [0.25, 0.3) is 0 Å². The van der Waals surface area contributed by atoms with Crippen molar-refractivity contribution in [3.05, 3.63) is 71.5 Å². The van der Waals surface area contributed by atoms with Gasteiger partial charge in [-0.15, -0.1) is 0 Å². The topological polar surface area (TPSA) is 56.4 Å². The minimum atomic E-state index is 0.744. The zero-order valence-electron chi connectivity index (χ0n) is 17.2. The summed E-state index contributed by atoms with van der Waals surface area (Å²) in [6, 6.07) is 18.3. The quantitative estimate of drug-likeness (QED) is 0.377. The molecule has 0 aliphatic carbocycles. The summed E-state index contributed by atoms with van der Waals surface area (Å²) in [6.07, 6.45) is 1.85. The van der Waals surface area contributed by atoms with E-state index in [1.165, 1.54) is 0 Å². The predicted octanol–water partition coefficient (Wildman–Crippen LogP) is 4.92. The SMILES string of the molecule is CCn1c(N/N=C\c2cc(C)n(-c3ccc(OC)cc3)c2C)nc2ccccc21. The number of rotatable bonds is 6. The molecule has 4 rings (SSSR count). The van der Waals surface area contributed by atoms with Crippen LogP contribution in [0.5, 0.6) is 5.75 Å². The lowest BCUT2D eigenvalue weighted by atomic mass is 10.2. The minimum Gasteiger partial charge on any atom is -0.497 e. The summed E-state index contributed by atoms with van der Waals surface area (Å²) in [4.78, 5) is 4.64. The molecule has 29 heavy (non-hydrogen) atoms. The highest BCUT2D eigenvalue weighted by molar-refractivity contribution is 5.83. The van der Waals surface area contributed by atoms with Gasteiger partial charge in [0.1, 0.15) is 5.75 Å². The lowest BCUT2D eigenvalue weighted by Crippen LogP contribution is -2.02. The van der Waals surface area contributed by atoms with E-state index >= 15 is 0 Å². The van der Waals surface area contributed by atoms with Crippen LogP contribution in [0.25, 0.3) is 16.7 Å². The van der Waals surface area contributed by atoms with Gasteiger partial charge in [0.15, 0.2) is 0 Å². The van der Waals surface area contributed by atoms with Crippen molar-refractivity contribution >= 4 is 23.2 Å². The maximum absolute atomic E-state index is 5.26. The number of para-hydroxylation sites is 2. The molecule has 6 heteroatoms. The molecule has 0 saturated heterocycles. The van der Waals surface area contributed by atoms with E-state index in [1.807, 2.05) is 36.5 Å². The first-order chi connectivity index (χ1) is 14.1. The Morgan fingerprint density at radius 3 is 2.59 bits per heavy atom. The van der Waals surface area contributed by atoms with Crippen molar-refractivity contribution in [1.82, 2.24) is 14.1 Å².